The molecule has 0 amide bonds. The quantitative estimate of drug-likeness (QED) is 0.700. The number of carbonyl (C=O) groups is 1. The summed E-state index contributed by atoms with van der Waals surface area (Å²) in [7, 11) is 0. The van der Waals surface area contributed by atoms with Gasteiger partial charge in [-0.15, -0.1) is 0 Å². The molecule has 2 N–H and O–H groups in total. The number of ketones is 1. The van der Waals surface area contributed by atoms with Gasteiger partial charge >= 0.3 is 0 Å². The van der Waals surface area contributed by atoms with Gasteiger partial charge in [0.15, 0.2) is 5.78 Å². The molecule has 4 heteroatoms. The molecule has 1 aromatic heterocycles. The number of carbonyl (C=O) groups excluding carboxylic acids is 1. The Morgan fingerprint density at radius 1 is 1.19 bits per heavy atom. The number of rotatable bonds is 3. The third-order valence-corrected chi connectivity index (χ3v) is 5.69. The fraction of sp³-hybridized carbons (Fsp3) is 0.304. The highest BCUT2D eigenvalue weighted by Gasteiger charge is 2.40. The lowest BCUT2D eigenvalue weighted by molar-refractivity contribution is 0.103. The Labute approximate surface area is 159 Å². The summed E-state index contributed by atoms with van der Waals surface area (Å²) in [5.74, 6) is 0.0630. The van der Waals surface area contributed by atoms with Gasteiger partial charge in [-0.2, -0.15) is 5.26 Å². The number of hydrogen-bond donors (Lipinski definition) is 2. The molecular formula is C23H23N3O. The molecule has 0 radical (unpaired) electrons. The third-order valence-electron chi connectivity index (χ3n) is 5.69. The molecule has 0 fully saturated rings. The van der Waals surface area contributed by atoms with E-state index in [0.29, 0.717) is 5.56 Å². The number of fused-ring (bicyclic) bond motifs is 4. The summed E-state index contributed by atoms with van der Waals surface area (Å²) in [5.41, 5.74) is 6.86. The van der Waals surface area contributed by atoms with Crippen molar-refractivity contribution in [3.63, 3.8) is 0 Å². The molecule has 3 aromatic rings. The van der Waals surface area contributed by atoms with Crippen LogP contribution in [0.25, 0.3) is 10.9 Å². The minimum Gasteiger partial charge on any atom is -0.385 e. The third kappa shape index (κ3) is 2.39. The lowest BCUT2D eigenvalue weighted by Crippen LogP contribution is -2.30. The van der Waals surface area contributed by atoms with Crippen LogP contribution in [-0.2, 0) is 11.8 Å². The molecule has 27 heavy (non-hydrogen) atoms. The fourth-order valence-electron chi connectivity index (χ4n) is 4.24. The first-order valence-corrected chi connectivity index (χ1v) is 9.44. The van der Waals surface area contributed by atoms with E-state index >= 15 is 0 Å². The summed E-state index contributed by atoms with van der Waals surface area (Å²) in [4.78, 5) is 16.9. The molecular weight excluding hydrogens is 334 g/mol. The van der Waals surface area contributed by atoms with Crippen LogP contribution in [0.4, 0.5) is 5.69 Å². The highest BCUT2D eigenvalue weighted by Crippen LogP contribution is 2.45. The van der Waals surface area contributed by atoms with Crippen molar-refractivity contribution in [2.75, 3.05) is 11.9 Å². The Morgan fingerprint density at radius 3 is 2.63 bits per heavy atom. The highest BCUT2D eigenvalue weighted by molar-refractivity contribution is 6.20. The van der Waals surface area contributed by atoms with Crippen molar-refractivity contribution in [3.8, 4) is 6.07 Å². The fourth-order valence-corrected chi connectivity index (χ4v) is 4.24. The van der Waals surface area contributed by atoms with Gasteiger partial charge in [0.1, 0.15) is 0 Å². The van der Waals surface area contributed by atoms with Crippen LogP contribution < -0.4 is 5.32 Å². The molecule has 1 aliphatic carbocycles. The number of nitrogens with one attached hydrogen (secondary N) is 2. The van der Waals surface area contributed by atoms with Gasteiger partial charge in [0, 0.05) is 39.8 Å². The van der Waals surface area contributed by atoms with E-state index in [4.69, 9.17) is 0 Å². The topological polar surface area (TPSA) is 68.7 Å². The first-order chi connectivity index (χ1) is 12.9. The van der Waals surface area contributed by atoms with Crippen molar-refractivity contribution < 1.29 is 4.79 Å². The summed E-state index contributed by atoms with van der Waals surface area (Å²) < 4.78 is 0. The molecule has 1 heterocycles. The van der Waals surface area contributed by atoms with Crippen LogP contribution in [0.3, 0.4) is 0 Å². The molecule has 0 bridgehead atoms. The molecule has 0 saturated heterocycles. The normalized spacial score (nSPS) is 14.6. The van der Waals surface area contributed by atoms with E-state index in [-0.39, 0.29) is 11.2 Å². The molecule has 4 rings (SSSR count). The van der Waals surface area contributed by atoms with E-state index in [2.05, 4.69) is 56.2 Å². The zero-order valence-corrected chi connectivity index (χ0v) is 16.2. The molecule has 2 aromatic carbocycles. The van der Waals surface area contributed by atoms with E-state index < -0.39 is 0 Å². The molecule has 1 aliphatic rings. The molecule has 0 spiro atoms. The Bertz CT molecular complexity index is 1130. The maximum atomic E-state index is 13.5. The number of anilines is 1. The molecule has 0 unspecified atom stereocenters. The highest BCUT2D eigenvalue weighted by atomic mass is 16.1. The molecule has 4 nitrogen and oxygen atoms in total. The van der Waals surface area contributed by atoms with Crippen molar-refractivity contribution in [1.82, 2.24) is 4.98 Å². The minimum atomic E-state index is -0.332. The summed E-state index contributed by atoms with van der Waals surface area (Å²) in [6, 6.07) is 11.9. The summed E-state index contributed by atoms with van der Waals surface area (Å²) >= 11 is 0. The second-order valence-electron chi connectivity index (χ2n) is 7.64. The monoisotopic (exact) mass is 357 g/mol. The zero-order chi connectivity index (χ0) is 19.3. The standard InChI is InChI=1S/C23H23N3O/c1-5-14-10-16-17(11-18(14)25-6-2)23(3,4)22-20(21(16)27)15-8-7-13(12-24)9-19(15)26-22/h7-11,25-26H,5-6H2,1-4H3. The van der Waals surface area contributed by atoms with Crippen LogP contribution in [0, 0.1) is 11.3 Å². The zero-order valence-electron chi connectivity index (χ0n) is 16.2. The Balaban J connectivity index is 2.02. The van der Waals surface area contributed by atoms with Gasteiger partial charge in [-0.3, -0.25) is 4.79 Å². The average molecular weight is 357 g/mol. The largest absolute Gasteiger partial charge is 0.385 e. The number of nitriles is 1. The van der Waals surface area contributed by atoms with Gasteiger partial charge in [-0.05, 0) is 48.7 Å². The van der Waals surface area contributed by atoms with Gasteiger partial charge in [-0.1, -0.05) is 26.8 Å². The minimum absolute atomic E-state index is 0.0630. The van der Waals surface area contributed by atoms with Crippen molar-refractivity contribution in [1.29, 1.82) is 5.26 Å². The van der Waals surface area contributed by atoms with Gasteiger partial charge in [0.25, 0.3) is 0 Å². The van der Waals surface area contributed by atoms with Gasteiger partial charge in [0.05, 0.1) is 17.2 Å². The number of benzene rings is 2. The van der Waals surface area contributed by atoms with E-state index in [0.717, 1.165) is 57.5 Å². The van der Waals surface area contributed by atoms with Crippen LogP contribution in [0.5, 0.6) is 0 Å². The predicted molar refractivity (Wildman–Crippen MR) is 109 cm³/mol. The number of aryl methyl sites for hydroxylation is 1. The van der Waals surface area contributed by atoms with E-state index in [1.165, 1.54) is 0 Å². The maximum absolute atomic E-state index is 13.5. The van der Waals surface area contributed by atoms with Gasteiger partial charge in [0.2, 0.25) is 0 Å². The van der Waals surface area contributed by atoms with Crippen LogP contribution in [0.15, 0.2) is 30.3 Å². The van der Waals surface area contributed by atoms with Crippen LogP contribution in [0.1, 0.15) is 66.0 Å². The van der Waals surface area contributed by atoms with Crippen molar-refractivity contribution in [2.45, 2.75) is 39.5 Å². The Hall–Kier alpha value is -3.06. The predicted octanol–water partition coefficient (Wildman–Crippen LogP) is 4.90. The maximum Gasteiger partial charge on any atom is 0.195 e. The van der Waals surface area contributed by atoms with E-state index in [9.17, 15) is 10.1 Å². The van der Waals surface area contributed by atoms with E-state index in [1.54, 1.807) is 6.07 Å². The van der Waals surface area contributed by atoms with E-state index in [1.807, 2.05) is 12.1 Å². The SMILES string of the molecule is CCNc1cc2c(cc1CC)C(=O)c1c([nH]c3cc(C#N)ccc13)C2(C)C. The Kier molecular flexibility index (Phi) is 3.85. The number of aromatic nitrogens is 1. The lowest BCUT2D eigenvalue weighted by atomic mass is 9.70. The van der Waals surface area contributed by atoms with Crippen molar-refractivity contribution in [3.05, 3.63) is 63.8 Å². The average Bonchev–Trinajstić information content (AvgIpc) is 3.06. The first kappa shape index (κ1) is 17.4. The smallest absolute Gasteiger partial charge is 0.195 e. The molecule has 0 saturated carbocycles. The first-order valence-electron chi connectivity index (χ1n) is 9.44. The second kappa shape index (κ2) is 5.99. The number of aromatic amines is 1. The van der Waals surface area contributed by atoms with Crippen LogP contribution >= 0.6 is 0 Å². The summed E-state index contributed by atoms with van der Waals surface area (Å²) in [5, 5.41) is 13.5. The molecule has 0 aliphatic heterocycles. The lowest BCUT2D eigenvalue weighted by Gasteiger charge is -2.33. The van der Waals surface area contributed by atoms with Gasteiger partial charge in [-0.25, -0.2) is 0 Å². The van der Waals surface area contributed by atoms with Crippen molar-refractivity contribution >= 4 is 22.4 Å². The molecule has 0 atom stereocenters. The van der Waals surface area contributed by atoms with Gasteiger partial charge < -0.3 is 10.3 Å². The van der Waals surface area contributed by atoms with Crippen LogP contribution in [0.2, 0.25) is 0 Å². The summed E-state index contributed by atoms with van der Waals surface area (Å²) in [6.45, 7) is 9.34. The van der Waals surface area contributed by atoms with Crippen LogP contribution in [-0.4, -0.2) is 17.3 Å². The molecule has 136 valence electrons. The number of nitrogens with zero attached hydrogens (tertiary/aromatic N) is 1. The number of hydrogen-bond acceptors (Lipinski definition) is 3. The second-order valence-corrected chi connectivity index (χ2v) is 7.64. The number of H-pyrrole nitrogens is 1. The Morgan fingerprint density at radius 2 is 1.96 bits per heavy atom. The van der Waals surface area contributed by atoms with Crippen molar-refractivity contribution in [2.24, 2.45) is 0 Å². The summed E-state index contributed by atoms with van der Waals surface area (Å²) in [6.07, 6.45) is 0.871.